The summed E-state index contributed by atoms with van der Waals surface area (Å²) in [7, 11) is -1.79. The van der Waals surface area contributed by atoms with Gasteiger partial charge in [0.05, 0.1) is 25.9 Å². The monoisotopic (exact) mass is 256 g/mol. The summed E-state index contributed by atoms with van der Waals surface area (Å²) in [4.78, 5) is 0. The minimum Gasteiger partial charge on any atom is -0.400 e. The quantitative estimate of drug-likeness (QED) is 0.788. The van der Waals surface area contributed by atoms with E-state index in [0.29, 0.717) is 0 Å². The van der Waals surface area contributed by atoms with Gasteiger partial charge in [-0.1, -0.05) is 25.3 Å². The lowest BCUT2D eigenvalue weighted by Crippen LogP contribution is -2.41. The van der Waals surface area contributed by atoms with Gasteiger partial charge in [-0.2, -0.15) is 0 Å². The van der Waals surface area contributed by atoms with Crippen molar-refractivity contribution in [3.8, 4) is 0 Å². The van der Waals surface area contributed by atoms with Gasteiger partial charge in [-0.25, -0.2) is 0 Å². The number of aliphatic hydroxyl groups is 1. The van der Waals surface area contributed by atoms with E-state index in [9.17, 15) is 5.11 Å². The molecule has 3 nitrogen and oxygen atoms in total. The second-order valence-corrected chi connectivity index (χ2v) is 11.9. The van der Waals surface area contributed by atoms with Gasteiger partial charge in [0, 0.05) is 0 Å². The van der Waals surface area contributed by atoms with Crippen LogP contribution in [0.25, 0.3) is 0 Å². The molecule has 0 saturated carbocycles. The van der Waals surface area contributed by atoms with E-state index in [2.05, 4.69) is 25.3 Å². The zero-order chi connectivity index (χ0) is 13.5. The van der Waals surface area contributed by atoms with Crippen LogP contribution in [0.15, 0.2) is 11.2 Å². The third-order valence-corrected chi connectivity index (χ3v) is 4.59. The van der Waals surface area contributed by atoms with Crippen molar-refractivity contribution in [2.24, 2.45) is 0 Å². The first-order valence-corrected chi connectivity index (χ1v) is 9.74. The van der Waals surface area contributed by atoms with Gasteiger partial charge in [-0.15, -0.1) is 0 Å². The van der Waals surface area contributed by atoms with Crippen molar-refractivity contribution in [1.29, 1.82) is 0 Å². The minimum absolute atomic E-state index is 0.00109. The van der Waals surface area contributed by atoms with Crippen molar-refractivity contribution in [3.05, 3.63) is 11.2 Å². The van der Waals surface area contributed by atoms with Crippen molar-refractivity contribution in [2.75, 3.05) is 6.61 Å². The zero-order valence-corrected chi connectivity index (χ0v) is 13.1. The molecule has 0 aliphatic carbocycles. The Morgan fingerprint density at radius 1 is 1.12 bits per heavy atom. The van der Waals surface area contributed by atoms with E-state index in [-0.39, 0.29) is 17.8 Å². The second-order valence-electron chi connectivity index (χ2n) is 6.83. The Morgan fingerprint density at radius 2 is 1.53 bits per heavy atom. The highest BCUT2D eigenvalue weighted by Crippen LogP contribution is 2.38. The lowest BCUT2D eigenvalue weighted by molar-refractivity contribution is 0.00578. The fraction of sp³-hybridized carbons (Fsp3) is 0.833. The Balaban J connectivity index is 2.93. The van der Waals surface area contributed by atoms with Gasteiger partial charge >= 0.3 is 7.12 Å². The van der Waals surface area contributed by atoms with Crippen molar-refractivity contribution in [1.82, 2.24) is 0 Å². The predicted molar refractivity (Wildman–Crippen MR) is 74.6 cm³/mol. The number of hydrogen-bond donors (Lipinski definition) is 1. The molecule has 1 heterocycles. The fourth-order valence-electron chi connectivity index (χ4n) is 1.74. The zero-order valence-electron chi connectivity index (χ0n) is 12.1. The lowest BCUT2D eigenvalue weighted by atomic mass is 9.80. The summed E-state index contributed by atoms with van der Waals surface area (Å²) in [6.07, 6.45) is 0. The first-order chi connectivity index (χ1) is 7.48. The molecule has 0 aromatic rings. The average molecular weight is 256 g/mol. The van der Waals surface area contributed by atoms with Crippen LogP contribution in [0.4, 0.5) is 0 Å². The van der Waals surface area contributed by atoms with Gasteiger partial charge in [-0.3, -0.25) is 0 Å². The smallest absolute Gasteiger partial charge is 0.400 e. The molecule has 1 aliphatic heterocycles. The molecule has 1 aliphatic rings. The fourth-order valence-corrected chi connectivity index (χ4v) is 3.08. The van der Waals surface area contributed by atoms with Crippen molar-refractivity contribution in [3.63, 3.8) is 0 Å². The molecular formula is C12H25BO3Si. The first kappa shape index (κ1) is 15.0. The molecule has 98 valence electrons. The minimum atomic E-state index is -1.38. The largest absolute Gasteiger partial charge is 0.492 e. The molecule has 0 bridgehead atoms. The molecule has 0 aromatic heterocycles. The highest BCUT2D eigenvalue weighted by molar-refractivity contribution is 6.82. The van der Waals surface area contributed by atoms with Crippen LogP contribution in [0.5, 0.6) is 0 Å². The maximum absolute atomic E-state index is 9.48. The topological polar surface area (TPSA) is 38.7 Å². The number of aliphatic hydroxyl groups excluding tert-OH is 1. The van der Waals surface area contributed by atoms with E-state index in [1.165, 1.54) is 0 Å². The SMILES string of the molecule is CC1(C)OB(/C(=C/[Si](C)(C)C)CO)OC1(C)C. The molecule has 1 saturated heterocycles. The standard InChI is InChI=1S/C12H25BO3Si/c1-11(2)12(3,4)16-13(15-11)10(8-14)9-17(5,6)7/h9,14H,8H2,1-7H3/b10-9+. The molecule has 0 atom stereocenters. The van der Waals surface area contributed by atoms with Crippen molar-refractivity contribution < 1.29 is 14.4 Å². The van der Waals surface area contributed by atoms with Crippen LogP contribution in [-0.4, -0.2) is 38.1 Å². The summed E-state index contributed by atoms with van der Waals surface area (Å²) in [5.74, 6) is 0. The van der Waals surface area contributed by atoms with Crippen LogP contribution in [0.2, 0.25) is 19.6 Å². The molecule has 0 amide bonds. The third-order valence-electron chi connectivity index (χ3n) is 3.36. The van der Waals surface area contributed by atoms with Crippen LogP contribution in [0, 0.1) is 0 Å². The second kappa shape index (κ2) is 4.54. The highest BCUT2D eigenvalue weighted by atomic mass is 28.3. The number of rotatable bonds is 3. The third kappa shape index (κ3) is 3.44. The summed E-state index contributed by atoms with van der Waals surface area (Å²) >= 11 is 0. The van der Waals surface area contributed by atoms with Crippen molar-refractivity contribution >= 4 is 15.2 Å². The molecule has 17 heavy (non-hydrogen) atoms. The van der Waals surface area contributed by atoms with E-state index in [4.69, 9.17) is 9.31 Å². The summed E-state index contributed by atoms with van der Waals surface area (Å²) in [6.45, 7) is 14.8. The van der Waals surface area contributed by atoms with Crippen LogP contribution < -0.4 is 0 Å². The first-order valence-electron chi connectivity index (χ1n) is 6.17. The van der Waals surface area contributed by atoms with Gasteiger partial charge in [0.2, 0.25) is 0 Å². The van der Waals surface area contributed by atoms with Gasteiger partial charge < -0.3 is 14.4 Å². The van der Waals surface area contributed by atoms with E-state index in [0.717, 1.165) is 5.47 Å². The molecule has 0 spiro atoms. The maximum atomic E-state index is 9.48. The molecule has 5 heteroatoms. The Hall–Kier alpha value is -0.0982. The molecule has 0 radical (unpaired) electrons. The summed E-state index contributed by atoms with van der Waals surface area (Å²) in [5.41, 5.74) is 2.34. The van der Waals surface area contributed by atoms with Crippen LogP contribution in [0.3, 0.4) is 0 Å². The highest BCUT2D eigenvalue weighted by Gasteiger charge is 2.52. The molecule has 0 aromatic carbocycles. The summed E-state index contributed by atoms with van der Waals surface area (Å²) < 4.78 is 11.9. The molecule has 1 rings (SSSR count). The molecule has 1 fully saturated rings. The van der Waals surface area contributed by atoms with E-state index in [1.807, 2.05) is 27.7 Å². The van der Waals surface area contributed by atoms with Crippen LogP contribution in [-0.2, 0) is 9.31 Å². The predicted octanol–water partition coefficient (Wildman–Crippen LogP) is 2.41. The van der Waals surface area contributed by atoms with Gasteiger partial charge in [0.1, 0.15) is 0 Å². The normalized spacial score (nSPS) is 24.2. The average Bonchev–Trinajstić information content (AvgIpc) is 2.30. The molecule has 0 unspecified atom stereocenters. The lowest BCUT2D eigenvalue weighted by Gasteiger charge is -2.32. The van der Waals surface area contributed by atoms with Gasteiger partial charge in [-0.05, 0) is 33.2 Å². The van der Waals surface area contributed by atoms with Crippen LogP contribution in [0.1, 0.15) is 27.7 Å². The number of hydrogen-bond acceptors (Lipinski definition) is 3. The maximum Gasteiger partial charge on any atom is 0.492 e. The van der Waals surface area contributed by atoms with Gasteiger partial charge in [0.15, 0.2) is 0 Å². The Morgan fingerprint density at radius 3 is 1.82 bits per heavy atom. The Bertz CT molecular complexity index is 302. The Kier molecular flexibility index (Phi) is 3.99. The van der Waals surface area contributed by atoms with Crippen molar-refractivity contribution in [2.45, 2.75) is 58.5 Å². The molecular weight excluding hydrogens is 231 g/mol. The van der Waals surface area contributed by atoms with E-state index >= 15 is 0 Å². The Labute approximate surface area is 106 Å². The van der Waals surface area contributed by atoms with Crippen LogP contribution >= 0.6 is 0 Å². The van der Waals surface area contributed by atoms with E-state index in [1.54, 1.807) is 0 Å². The summed E-state index contributed by atoms with van der Waals surface area (Å²) in [5, 5.41) is 9.48. The van der Waals surface area contributed by atoms with Gasteiger partial charge in [0.25, 0.3) is 0 Å². The molecule has 1 N–H and O–H groups in total. The summed E-state index contributed by atoms with van der Waals surface area (Å²) in [6, 6.07) is 0. The van der Waals surface area contributed by atoms with E-state index < -0.39 is 15.2 Å².